The minimum atomic E-state index is -0.566. The van der Waals surface area contributed by atoms with Crippen molar-refractivity contribution in [3.63, 3.8) is 0 Å². The molecule has 0 amide bonds. The van der Waals surface area contributed by atoms with Gasteiger partial charge in [-0.3, -0.25) is 0 Å². The molecule has 0 N–H and O–H groups in total. The minimum absolute atomic E-state index is 0.381. The van der Waals surface area contributed by atoms with Gasteiger partial charge in [-0.1, -0.05) is 52.3 Å². The van der Waals surface area contributed by atoms with Crippen molar-refractivity contribution in [3.05, 3.63) is 58.6 Å². The van der Waals surface area contributed by atoms with Gasteiger partial charge in [0.15, 0.2) is 0 Å². The first-order valence-electron chi connectivity index (χ1n) is 7.99. The third-order valence-corrected chi connectivity index (χ3v) is 5.20. The summed E-state index contributed by atoms with van der Waals surface area (Å²) in [6.07, 6.45) is -0.381. The average molecular weight is 465 g/mol. The highest BCUT2D eigenvalue weighted by Gasteiger charge is 2.25. The fourth-order valence-electron chi connectivity index (χ4n) is 2.73. The number of nitrogens with zero attached hydrogens (tertiary/aromatic N) is 1. The Morgan fingerprint density at radius 2 is 1.80 bits per heavy atom. The number of alkyl halides is 1. The lowest BCUT2D eigenvalue weighted by Crippen LogP contribution is -2.27. The molecule has 0 saturated heterocycles. The zero-order valence-electron chi connectivity index (χ0n) is 14.3. The highest BCUT2D eigenvalue weighted by Crippen LogP contribution is 2.39. The van der Waals surface area contributed by atoms with Crippen LogP contribution in [-0.2, 0) is 10.1 Å². The van der Waals surface area contributed by atoms with Gasteiger partial charge in [-0.05, 0) is 60.0 Å². The van der Waals surface area contributed by atoms with E-state index in [2.05, 4.69) is 37.9 Å². The minimum Gasteiger partial charge on any atom is -0.443 e. The largest absolute Gasteiger partial charge is 0.443 e. The molecular formula is C20H19Br2NO2. The molecule has 0 bridgehead atoms. The lowest BCUT2D eigenvalue weighted by Gasteiger charge is -2.21. The van der Waals surface area contributed by atoms with Crippen LogP contribution in [0.4, 0.5) is 4.79 Å². The van der Waals surface area contributed by atoms with Gasteiger partial charge in [0.05, 0.1) is 15.7 Å². The quantitative estimate of drug-likeness (QED) is 0.392. The zero-order valence-corrected chi connectivity index (χ0v) is 17.5. The van der Waals surface area contributed by atoms with E-state index >= 15 is 0 Å². The molecule has 0 unspecified atom stereocenters. The van der Waals surface area contributed by atoms with Crippen molar-refractivity contribution >= 4 is 48.9 Å². The zero-order chi connectivity index (χ0) is 18.2. The van der Waals surface area contributed by atoms with Gasteiger partial charge in [0.1, 0.15) is 5.60 Å². The summed E-state index contributed by atoms with van der Waals surface area (Å²) in [6, 6.07) is 15.9. The number of aromatic nitrogens is 1. The standard InChI is InChI=1S/C20H19Br2NO2/c1-20(2,3)25-19(24)23-16-10-9-13(12-21)11-15(16)17(22)18(23)14-7-5-4-6-8-14/h4-11H,12H2,1-3H3. The molecule has 0 saturated carbocycles. The van der Waals surface area contributed by atoms with Crippen LogP contribution in [-0.4, -0.2) is 16.3 Å². The molecule has 0 spiro atoms. The number of fused-ring (bicyclic) bond motifs is 1. The number of rotatable bonds is 2. The third kappa shape index (κ3) is 3.67. The maximum absolute atomic E-state index is 12.9. The smallest absolute Gasteiger partial charge is 0.419 e. The Kier molecular flexibility index (Phi) is 5.07. The molecule has 0 aliphatic carbocycles. The van der Waals surface area contributed by atoms with Crippen LogP contribution in [0.1, 0.15) is 26.3 Å². The van der Waals surface area contributed by atoms with Gasteiger partial charge in [-0.2, -0.15) is 0 Å². The first-order chi connectivity index (χ1) is 11.8. The Labute approximate surface area is 164 Å². The maximum Gasteiger partial charge on any atom is 0.419 e. The molecule has 3 nitrogen and oxygen atoms in total. The molecule has 0 fully saturated rings. The number of carbonyl (C=O) groups is 1. The summed E-state index contributed by atoms with van der Waals surface area (Å²) in [6.45, 7) is 5.62. The Bertz CT molecular complexity index is 924. The number of halogens is 2. The van der Waals surface area contributed by atoms with Gasteiger partial charge < -0.3 is 4.74 Å². The van der Waals surface area contributed by atoms with E-state index in [1.165, 1.54) is 0 Å². The molecule has 0 radical (unpaired) electrons. The molecular weight excluding hydrogens is 446 g/mol. The van der Waals surface area contributed by atoms with Gasteiger partial charge in [0.2, 0.25) is 0 Å². The van der Waals surface area contributed by atoms with Crippen LogP contribution in [0.25, 0.3) is 22.2 Å². The van der Waals surface area contributed by atoms with E-state index in [0.29, 0.717) is 0 Å². The van der Waals surface area contributed by atoms with Gasteiger partial charge in [0, 0.05) is 10.7 Å². The molecule has 0 aliphatic heterocycles. The second kappa shape index (κ2) is 6.96. The third-order valence-electron chi connectivity index (χ3n) is 3.75. The Morgan fingerprint density at radius 1 is 1.12 bits per heavy atom. The monoisotopic (exact) mass is 463 g/mol. The highest BCUT2D eigenvalue weighted by molar-refractivity contribution is 9.10. The lowest BCUT2D eigenvalue weighted by molar-refractivity contribution is 0.0547. The van der Waals surface area contributed by atoms with Gasteiger partial charge >= 0.3 is 6.09 Å². The summed E-state index contributed by atoms with van der Waals surface area (Å²) in [5.41, 5.74) is 3.16. The molecule has 0 atom stereocenters. The van der Waals surface area contributed by atoms with Crippen molar-refractivity contribution in [3.8, 4) is 11.3 Å². The molecule has 25 heavy (non-hydrogen) atoms. The summed E-state index contributed by atoms with van der Waals surface area (Å²) < 4.78 is 8.20. The average Bonchev–Trinajstić information content (AvgIpc) is 2.86. The molecule has 1 aromatic heterocycles. The number of ether oxygens (including phenoxy) is 1. The number of hydrogen-bond donors (Lipinski definition) is 0. The van der Waals surface area contributed by atoms with E-state index in [1.54, 1.807) is 4.57 Å². The topological polar surface area (TPSA) is 31.2 Å². The fraction of sp³-hybridized carbons (Fsp3) is 0.250. The first kappa shape index (κ1) is 18.2. The second-order valence-corrected chi connectivity index (χ2v) is 8.18. The molecule has 3 aromatic rings. The van der Waals surface area contributed by atoms with Crippen LogP contribution in [0.15, 0.2) is 53.0 Å². The molecule has 2 aromatic carbocycles. The van der Waals surface area contributed by atoms with E-state index in [0.717, 1.165) is 37.5 Å². The van der Waals surface area contributed by atoms with Crippen LogP contribution in [0.2, 0.25) is 0 Å². The summed E-state index contributed by atoms with van der Waals surface area (Å²) in [7, 11) is 0. The van der Waals surface area contributed by atoms with Crippen molar-refractivity contribution in [1.82, 2.24) is 4.57 Å². The predicted molar refractivity (Wildman–Crippen MR) is 109 cm³/mol. The highest BCUT2D eigenvalue weighted by atomic mass is 79.9. The number of hydrogen-bond acceptors (Lipinski definition) is 2. The van der Waals surface area contributed by atoms with E-state index in [1.807, 2.05) is 63.2 Å². The fourth-order valence-corrected chi connectivity index (χ4v) is 3.80. The van der Waals surface area contributed by atoms with Crippen LogP contribution >= 0.6 is 31.9 Å². The maximum atomic E-state index is 12.9. The molecule has 130 valence electrons. The summed E-state index contributed by atoms with van der Waals surface area (Å²) in [4.78, 5) is 12.9. The summed E-state index contributed by atoms with van der Waals surface area (Å²) >= 11 is 7.20. The number of benzene rings is 2. The normalized spacial score (nSPS) is 11.7. The second-order valence-electron chi connectivity index (χ2n) is 6.83. The van der Waals surface area contributed by atoms with E-state index in [9.17, 15) is 4.79 Å². The molecule has 5 heteroatoms. The SMILES string of the molecule is CC(C)(C)OC(=O)n1c(-c2ccccc2)c(Br)c2cc(CBr)ccc21. The van der Waals surface area contributed by atoms with Gasteiger partial charge in [0.25, 0.3) is 0 Å². The Hall–Kier alpha value is -1.59. The summed E-state index contributed by atoms with van der Waals surface area (Å²) in [5.74, 6) is 0. The van der Waals surface area contributed by atoms with Crippen molar-refractivity contribution in [2.24, 2.45) is 0 Å². The van der Waals surface area contributed by atoms with Crippen molar-refractivity contribution in [2.45, 2.75) is 31.7 Å². The summed E-state index contributed by atoms with van der Waals surface area (Å²) in [5, 5.41) is 1.75. The molecule has 3 rings (SSSR count). The molecule has 0 aliphatic rings. The van der Waals surface area contributed by atoms with Crippen LogP contribution in [0.5, 0.6) is 0 Å². The Morgan fingerprint density at radius 3 is 2.40 bits per heavy atom. The van der Waals surface area contributed by atoms with Crippen LogP contribution in [0, 0.1) is 0 Å². The molecule has 1 heterocycles. The first-order valence-corrected chi connectivity index (χ1v) is 9.91. The number of carbonyl (C=O) groups excluding carboxylic acids is 1. The predicted octanol–water partition coefficient (Wildman–Crippen LogP) is 6.75. The van der Waals surface area contributed by atoms with E-state index < -0.39 is 5.60 Å². The lowest BCUT2D eigenvalue weighted by atomic mass is 10.1. The van der Waals surface area contributed by atoms with Gasteiger partial charge in [-0.25, -0.2) is 9.36 Å². The Balaban J connectivity index is 2.30. The van der Waals surface area contributed by atoms with Crippen molar-refractivity contribution in [2.75, 3.05) is 0 Å². The van der Waals surface area contributed by atoms with Crippen LogP contribution in [0.3, 0.4) is 0 Å². The van der Waals surface area contributed by atoms with E-state index in [-0.39, 0.29) is 6.09 Å². The van der Waals surface area contributed by atoms with Crippen molar-refractivity contribution in [1.29, 1.82) is 0 Å². The van der Waals surface area contributed by atoms with Crippen LogP contribution < -0.4 is 0 Å². The van der Waals surface area contributed by atoms with E-state index in [4.69, 9.17) is 4.74 Å². The van der Waals surface area contributed by atoms with Gasteiger partial charge in [-0.15, -0.1) is 0 Å². The van der Waals surface area contributed by atoms with Crippen molar-refractivity contribution < 1.29 is 9.53 Å².